The van der Waals surface area contributed by atoms with Gasteiger partial charge in [-0.3, -0.25) is 5.32 Å². The lowest BCUT2D eigenvalue weighted by Gasteiger charge is -2.14. The maximum absolute atomic E-state index is 11.3. The molecule has 1 aromatic rings. The SMILES string of the molecule is COCCOC(=O)Nc1nc(C(C)(C)C)cs1. The Labute approximate surface area is 105 Å². The van der Waals surface area contributed by atoms with E-state index in [9.17, 15) is 4.79 Å². The van der Waals surface area contributed by atoms with E-state index in [2.05, 4.69) is 31.1 Å². The van der Waals surface area contributed by atoms with Gasteiger partial charge in [-0.1, -0.05) is 20.8 Å². The molecule has 1 N–H and O–H groups in total. The zero-order chi connectivity index (χ0) is 12.9. The van der Waals surface area contributed by atoms with E-state index in [1.807, 2.05) is 5.38 Å². The first-order valence-electron chi connectivity index (χ1n) is 5.32. The maximum atomic E-state index is 11.3. The molecule has 0 aromatic carbocycles. The Morgan fingerprint density at radius 3 is 2.71 bits per heavy atom. The standard InChI is InChI=1S/C11H18N2O3S/c1-11(2,3)8-7-17-9(12-8)13-10(14)16-6-5-15-4/h7H,5-6H2,1-4H3,(H,12,13,14). The lowest BCUT2D eigenvalue weighted by molar-refractivity contribution is 0.107. The highest BCUT2D eigenvalue weighted by atomic mass is 32.1. The van der Waals surface area contributed by atoms with E-state index in [0.29, 0.717) is 11.7 Å². The molecule has 0 fully saturated rings. The molecule has 0 saturated heterocycles. The van der Waals surface area contributed by atoms with E-state index in [1.54, 1.807) is 7.11 Å². The average Bonchev–Trinajstić information content (AvgIpc) is 2.66. The van der Waals surface area contributed by atoms with Gasteiger partial charge in [-0.25, -0.2) is 9.78 Å². The Hall–Kier alpha value is -1.14. The van der Waals surface area contributed by atoms with Gasteiger partial charge in [-0.15, -0.1) is 11.3 Å². The molecule has 0 aliphatic heterocycles. The molecule has 0 unspecified atom stereocenters. The van der Waals surface area contributed by atoms with Gasteiger partial charge in [0.25, 0.3) is 0 Å². The summed E-state index contributed by atoms with van der Waals surface area (Å²) >= 11 is 1.39. The lowest BCUT2D eigenvalue weighted by Crippen LogP contribution is -2.17. The van der Waals surface area contributed by atoms with E-state index in [4.69, 9.17) is 9.47 Å². The fourth-order valence-electron chi connectivity index (χ4n) is 1.02. The molecule has 1 heterocycles. The zero-order valence-corrected chi connectivity index (χ0v) is 11.4. The molecule has 0 aliphatic rings. The fourth-order valence-corrected chi connectivity index (χ4v) is 1.94. The van der Waals surface area contributed by atoms with Crippen molar-refractivity contribution in [2.45, 2.75) is 26.2 Å². The van der Waals surface area contributed by atoms with Crippen LogP contribution < -0.4 is 5.32 Å². The summed E-state index contributed by atoms with van der Waals surface area (Å²) in [6.45, 7) is 6.84. The van der Waals surface area contributed by atoms with Crippen molar-refractivity contribution >= 4 is 22.6 Å². The Morgan fingerprint density at radius 1 is 1.47 bits per heavy atom. The second kappa shape index (κ2) is 5.97. The van der Waals surface area contributed by atoms with Crippen molar-refractivity contribution in [2.75, 3.05) is 25.6 Å². The van der Waals surface area contributed by atoms with Gasteiger partial charge in [-0.2, -0.15) is 0 Å². The van der Waals surface area contributed by atoms with Crippen LogP contribution in [0.1, 0.15) is 26.5 Å². The van der Waals surface area contributed by atoms with Crippen molar-refractivity contribution in [2.24, 2.45) is 0 Å². The lowest BCUT2D eigenvalue weighted by atomic mass is 9.93. The van der Waals surface area contributed by atoms with Gasteiger partial charge in [0, 0.05) is 17.9 Å². The van der Waals surface area contributed by atoms with Gasteiger partial charge in [0.15, 0.2) is 5.13 Å². The van der Waals surface area contributed by atoms with E-state index in [-0.39, 0.29) is 12.0 Å². The maximum Gasteiger partial charge on any atom is 0.413 e. The number of hydrogen-bond donors (Lipinski definition) is 1. The van der Waals surface area contributed by atoms with Gasteiger partial charge in [0.05, 0.1) is 12.3 Å². The highest BCUT2D eigenvalue weighted by Gasteiger charge is 2.18. The Bertz CT molecular complexity index is 371. The summed E-state index contributed by atoms with van der Waals surface area (Å²) < 4.78 is 9.65. The van der Waals surface area contributed by atoms with Crippen molar-refractivity contribution in [1.29, 1.82) is 0 Å². The van der Waals surface area contributed by atoms with E-state index >= 15 is 0 Å². The van der Waals surface area contributed by atoms with Crippen molar-refractivity contribution < 1.29 is 14.3 Å². The highest BCUT2D eigenvalue weighted by Crippen LogP contribution is 2.26. The van der Waals surface area contributed by atoms with Crippen LogP contribution in [0.2, 0.25) is 0 Å². The van der Waals surface area contributed by atoms with E-state index in [1.165, 1.54) is 11.3 Å². The predicted octanol–water partition coefficient (Wildman–Crippen LogP) is 2.64. The molecule has 1 aromatic heterocycles. The minimum atomic E-state index is -0.503. The normalized spacial score (nSPS) is 11.3. The Balaban J connectivity index is 2.46. The summed E-state index contributed by atoms with van der Waals surface area (Å²) in [7, 11) is 1.55. The number of nitrogens with one attached hydrogen (secondary N) is 1. The largest absolute Gasteiger partial charge is 0.447 e. The molecule has 5 nitrogen and oxygen atoms in total. The molecule has 0 atom stereocenters. The van der Waals surface area contributed by atoms with Crippen LogP contribution in [0.4, 0.5) is 9.93 Å². The first-order chi connectivity index (χ1) is 7.93. The van der Waals surface area contributed by atoms with Crippen LogP contribution in [0.3, 0.4) is 0 Å². The van der Waals surface area contributed by atoms with Crippen LogP contribution in [0.15, 0.2) is 5.38 Å². The van der Waals surface area contributed by atoms with Crippen LogP contribution in [0.5, 0.6) is 0 Å². The van der Waals surface area contributed by atoms with Crippen molar-refractivity contribution in [3.8, 4) is 0 Å². The number of carbonyl (C=O) groups excluding carboxylic acids is 1. The molecule has 17 heavy (non-hydrogen) atoms. The Morgan fingerprint density at radius 2 is 2.18 bits per heavy atom. The van der Waals surface area contributed by atoms with Gasteiger partial charge in [-0.05, 0) is 0 Å². The van der Waals surface area contributed by atoms with E-state index < -0.39 is 6.09 Å². The first kappa shape index (κ1) is 13.9. The van der Waals surface area contributed by atoms with E-state index in [0.717, 1.165) is 5.69 Å². The number of carbonyl (C=O) groups is 1. The quantitative estimate of drug-likeness (QED) is 0.843. The van der Waals surface area contributed by atoms with Crippen LogP contribution in [-0.4, -0.2) is 31.4 Å². The number of methoxy groups -OCH3 is 1. The highest BCUT2D eigenvalue weighted by molar-refractivity contribution is 7.13. The van der Waals surface area contributed by atoms with Gasteiger partial charge in [0.1, 0.15) is 6.61 Å². The summed E-state index contributed by atoms with van der Waals surface area (Å²) in [5.41, 5.74) is 0.936. The fraction of sp³-hybridized carbons (Fsp3) is 0.636. The number of anilines is 1. The number of rotatable bonds is 4. The van der Waals surface area contributed by atoms with Crippen LogP contribution in [0, 0.1) is 0 Å². The third-order valence-corrected chi connectivity index (χ3v) is 2.76. The predicted molar refractivity (Wildman–Crippen MR) is 67.7 cm³/mol. The summed E-state index contributed by atoms with van der Waals surface area (Å²) in [6.07, 6.45) is -0.503. The topological polar surface area (TPSA) is 60.5 Å². The number of ether oxygens (including phenoxy) is 2. The average molecular weight is 258 g/mol. The minimum Gasteiger partial charge on any atom is -0.447 e. The second-order valence-corrected chi connectivity index (χ2v) is 5.40. The molecule has 1 rings (SSSR count). The molecule has 0 saturated carbocycles. The molecule has 0 spiro atoms. The van der Waals surface area contributed by atoms with Crippen molar-refractivity contribution in [1.82, 2.24) is 4.98 Å². The first-order valence-corrected chi connectivity index (χ1v) is 6.20. The number of aromatic nitrogens is 1. The third kappa shape index (κ3) is 4.70. The van der Waals surface area contributed by atoms with Crippen LogP contribution in [0.25, 0.3) is 0 Å². The molecular weight excluding hydrogens is 240 g/mol. The number of thiazole rings is 1. The van der Waals surface area contributed by atoms with Crippen LogP contribution >= 0.6 is 11.3 Å². The monoisotopic (exact) mass is 258 g/mol. The Kier molecular flexibility index (Phi) is 4.89. The van der Waals surface area contributed by atoms with Gasteiger partial charge >= 0.3 is 6.09 Å². The molecule has 1 amide bonds. The molecule has 0 aliphatic carbocycles. The smallest absolute Gasteiger partial charge is 0.413 e. The number of hydrogen-bond acceptors (Lipinski definition) is 5. The molecular formula is C11H18N2O3S. The second-order valence-electron chi connectivity index (χ2n) is 4.54. The van der Waals surface area contributed by atoms with Gasteiger partial charge < -0.3 is 9.47 Å². The molecule has 0 radical (unpaired) electrons. The third-order valence-electron chi connectivity index (χ3n) is 2.00. The summed E-state index contributed by atoms with van der Waals surface area (Å²) in [6, 6.07) is 0. The van der Waals surface area contributed by atoms with Crippen molar-refractivity contribution in [3.63, 3.8) is 0 Å². The van der Waals surface area contributed by atoms with Crippen molar-refractivity contribution in [3.05, 3.63) is 11.1 Å². The van der Waals surface area contributed by atoms with Gasteiger partial charge in [0.2, 0.25) is 0 Å². The number of nitrogens with zero attached hydrogens (tertiary/aromatic N) is 1. The minimum absolute atomic E-state index is 0.0175. The zero-order valence-electron chi connectivity index (χ0n) is 10.6. The summed E-state index contributed by atoms with van der Waals surface area (Å²) in [4.78, 5) is 15.6. The number of amides is 1. The summed E-state index contributed by atoms with van der Waals surface area (Å²) in [5.74, 6) is 0. The molecule has 96 valence electrons. The van der Waals surface area contributed by atoms with Crippen LogP contribution in [-0.2, 0) is 14.9 Å². The molecule has 0 bridgehead atoms. The molecule has 6 heteroatoms. The summed E-state index contributed by atoms with van der Waals surface area (Å²) in [5, 5.41) is 5.07.